The lowest BCUT2D eigenvalue weighted by molar-refractivity contribution is 0.114. The molecule has 1 aromatic rings. The van der Waals surface area contributed by atoms with Gasteiger partial charge in [0.2, 0.25) is 0 Å². The Morgan fingerprint density at radius 3 is 2.83 bits per heavy atom. The molecule has 5 heteroatoms. The van der Waals surface area contributed by atoms with Crippen LogP contribution in [0.25, 0.3) is 0 Å². The van der Waals surface area contributed by atoms with E-state index in [1.807, 2.05) is 24.3 Å². The summed E-state index contributed by atoms with van der Waals surface area (Å²) < 4.78 is 10.6. The second-order valence-electron chi connectivity index (χ2n) is 4.20. The van der Waals surface area contributed by atoms with Crippen molar-refractivity contribution < 1.29 is 9.47 Å². The van der Waals surface area contributed by atoms with Crippen molar-refractivity contribution >= 4 is 23.0 Å². The Bertz CT molecular complexity index is 388. The van der Waals surface area contributed by atoms with Crippen LogP contribution in [-0.4, -0.2) is 31.5 Å². The molecule has 2 rings (SSSR count). The van der Waals surface area contributed by atoms with Gasteiger partial charge in [0.1, 0.15) is 5.75 Å². The van der Waals surface area contributed by atoms with Gasteiger partial charge >= 0.3 is 0 Å². The Morgan fingerprint density at radius 2 is 2.22 bits per heavy atom. The van der Waals surface area contributed by atoms with Crippen molar-refractivity contribution in [2.75, 3.05) is 25.6 Å². The summed E-state index contributed by atoms with van der Waals surface area (Å²) in [6.45, 7) is 1.63. The van der Waals surface area contributed by atoms with Crippen LogP contribution in [0, 0.1) is 0 Å². The number of ether oxygens (including phenoxy) is 2. The van der Waals surface area contributed by atoms with E-state index >= 15 is 0 Å². The predicted octanol–water partition coefficient (Wildman–Crippen LogP) is 2.16. The number of thiocarbonyl (C=S) groups is 1. The van der Waals surface area contributed by atoms with Crippen molar-refractivity contribution in [2.24, 2.45) is 0 Å². The van der Waals surface area contributed by atoms with Crippen molar-refractivity contribution in [1.82, 2.24) is 5.32 Å². The van der Waals surface area contributed by atoms with Crippen molar-refractivity contribution in [3.63, 3.8) is 0 Å². The molecular weight excluding hydrogens is 248 g/mol. The quantitative estimate of drug-likeness (QED) is 0.818. The molecule has 0 spiro atoms. The molecule has 0 aliphatic carbocycles. The Hall–Kier alpha value is -1.33. The maximum atomic E-state index is 5.52. The van der Waals surface area contributed by atoms with E-state index in [1.54, 1.807) is 7.11 Å². The van der Waals surface area contributed by atoms with Crippen LogP contribution in [0.2, 0.25) is 0 Å². The summed E-state index contributed by atoms with van der Waals surface area (Å²) in [6, 6.07) is 7.65. The average molecular weight is 266 g/mol. The van der Waals surface area contributed by atoms with E-state index in [9.17, 15) is 0 Å². The molecular formula is C13H18N2O2S. The zero-order valence-electron chi connectivity index (χ0n) is 10.4. The Morgan fingerprint density at radius 1 is 1.44 bits per heavy atom. The second kappa shape index (κ2) is 6.56. The third-order valence-corrected chi connectivity index (χ3v) is 3.11. The van der Waals surface area contributed by atoms with Gasteiger partial charge in [0, 0.05) is 18.8 Å². The zero-order chi connectivity index (χ0) is 12.8. The highest BCUT2D eigenvalue weighted by Crippen LogP contribution is 2.15. The third-order valence-electron chi connectivity index (χ3n) is 2.86. The standard InChI is InChI=1S/C13H18N2O2S/c1-16-11-6-4-10(5-7-11)15-13(18)14-9-12-3-2-8-17-12/h4-7,12H,2-3,8-9H2,1H3,(H2,14,15,18)/t12-/m1/s1. The molecule has 4 nitrogen and oxygen atoms in total. The van der Waals surface area contributed by atoms with Crippen LogP contribution in [-0.2, 0) is 4.74 Å². The highest BCUT2D eigenvalue weighted by atomic mass is 32.1. The molecule has 0 unspecified atom stereocenters. The Balaban J connectivity index is 1.75. The zero-order valence-corrected chi connectivity index (χ0v) is 11.3. The fraction of sp³-hybridized carbons (Fsp3) is 0.462. The fourth-order valence-corrected chi connectivity index (χ4v) is 2.06. The molecule has 1 saturated heterocycles. The molecule has 0 aromatic heterocycles. The van der Waals surface area contributed by atoms with Crippen molar-refractivity contribution in [3.05, 3.63) is 24.3 Å². The maximum Gasteiger partial charge on any atom is 0.170 e. The molecule has 2 N–H and O–H groups in total. The van der Waals surface area contributed by atoms with Gasteiger partial charge < -0.3 is 20.1 Å². The number of methoxy groups -OCH3 is 1. The molecule has 0 radical (unpaired) electrons. The molecule has 0 saturated carbocycles. The van der Waals surface area contributed by atoms with Gasteiger partial charge in [-0.05, 0) is 49.3 Å². The maximum absolute atomic E-state index is 5.52. The van der Waals surface area contributed by atoms with E-state index < -0.39 is 0 Å². The van der Waals surface area contributed by atoms with Crippen molar-refractivity contribution in [2.45, 2.75) is 18.9 Å². The van der Waals surface area contributed by atoms with E-state index in [4.69, 9.17) is 21.7 Å². The van der Waals surface area contributed by atoms with Gasteiger partial charge in [0.05, 0.1) is 13.2 Å². The fourth-order valence-electron chi connectivity index (χ4n) is 1.86. The van der Waals surface area contributed by atoms with E-state index in [0.29, 0.717) is 11.2 Å². The van der Waals surface area contributed by atoms with Crippen LogP contribution in [0.5, 0.6) is 5.75 Å². The number of anilines is 1. The molecule has 0 bridgehead atoms. The minimum atomic E-state index is 0.292. The van der Waals surface area contributed by atoms with Gasteiger partial charge in [-0.2, -0.15) is 0 Å². The first-order valence-corrected chi connectivity index (χ1v) is 6.49. The first kappa shape index (κ1) is 13.1. The summed E-state index contributed by atoms with van der Waals surface area (Å²) in [5.74, 6) is 0.832. The van der Waals surface area contributed by atoms with Gasteiger partial charge in [0.25, 0.3) is 0 Å². The van der Waals surface area contributed by atoms with Gasteiger partial charge in [0.15, 0.2) is 5.11 Å². The number of nitrogens with one attached hydrogen (secondary N) is 2. The van der Waals surface area contributed by atoms with Gasteiger partial charge in [-0.3, -0.25) is 0 Å². The van der Waals surface area contributed by atoms with E-state index in [-0.39, 0.29) is 0 Å². The average Bonchev–Trinajstić information content (AvgIpc) is 2.90. The first-order valence-electron chi connectivity index (χ1n) is 6.08. The molecule has 1 aliphatic heterocycles. The minimum Gasteiger partial charge on any atom is -0.497 e. The van der Waals surface area contributed by atoms with Gasteiger partial charge in [-0.25, -0.2) is 0 Å². The normalized spacial score (nSPS) is 18.4. The van der Waals surface area contributed by atoms with Crippen molar-refractivity contribution in [3.8, 4) is 5.75 Å². The summed E-state index contributed by atoms with van der Waals surface area (Å²) in [5.41, 5.74) is 0.945. The summed E-state index contributed by atoms with van der Waals surface area (Å²) in [5, 5.41) is 6.91. The molecule has 1 atom stereocenters. The topological polar surface area (TPSA) is 42.5 Å². The van der Waals surface area contributed by atoms with Crippen LogP contribution in [0.3, 0.4) is 0 Å². The molecule has 18 heavy (non-hydrogen) atoms. The molecule has 1 aromatic carbocycles. The van der Waals surface area contributed by atoms with Crippen LogP contribution in [0.15, 0.2) is 24.3 Å². The van der Waals surface area contributed by atoms with Crippen LogP contribution in [0.4, 0.5) is 5.69 Å². The molecule has 0 amide bonds. The van der Waals surface area contributed by atoms with Crippen LogP contribution in [0.1, 0.15) is 12.8 Å². The molecule has 1 heterocycles. The van der Waals surface area contributed by atoms with Crippen LogP contribution >= 0.6 is 12.2 Å². The lowest BCUT2D eigenvalue weighted by Gasteiger charge is -2.14. The van der Waals surface area contributed by atoms with E-state index in [1.165, 1.54) is 0 Å². The highest BCUT2D eigenvalue weighted by molar-refractivity contribution is 7.80. The van der Waals surface area contributed by atoms with Gasteiger partial charge in [-0.15, -0.1) is 0 Å². The summed E-state index contributed by atoms with van der Waals surface area (Å²) in [4.78, 5) is 0. The van der Waals surface area contributed by atoms with Gasteiger partial charge in [-0.1, -0.05) is 0 Å². The largest absolute Gasteiger partial charge is 0.497 e. The monoisotopic (exact) mass is 266 g/mol. The SMILES string of the molecule is COc1ccc(NC(=S)NC[C@H]2CCCO2)cc1. The summed E-state index contributed by atoms with van der Waals surface area (Å²) in [7, 11) is 1.65. The van der Waals surface area contributed by atoms with Crippen LogP contribution < -0.4 is 15.4 Å². The molecule has 1 fully saturated rings. The number of benzene rings is 1. The van der Waals surface area contributed by atoms with E-state index in [0.717, 1.165) is 37.4 Å². The Labute approximate surface area is 113 Å². The first-order chi connectivity index (χ1) is 8.78. The lowest BCUT2D eigenvalue weighted by Crippen LogP contribution is -2.34. The van der Waals surface area contributed by atoms with Crippen molar-refractivity contribution in [1.29, 1.82) is 0 Å². The lowest BCUT2D eigenvalue weighted by atomic mass is 10.2. The third kappa shape index (κ3) is 3.85. The Kier molecular flexibility index (Phi) is 4.78. The predicted molar refractivity (Wildman–Crippen MR) is 76.2 cm³/mol. The number of hydrogen-bond donors (Lipinski definition) is 2. The highest BCUT2D eigenvalue weighted by Gasteiger charge is 2.15. The molecule has 98 valence electrons. The summed E-state index contributed by atoms with van der Waals surface area (Å²) >= 11 is 5.22. The number of rotatable bonds is 4. The second-order valence-corrected chi connectivity index (χ2v) is 4.61. The van der Waals surface area contributed by atoms with E-state index in [2.05, 4.69) is 10.6 Å². The summed E-state index contributed by atoms with van der Waals surface area (Å²) in [6.07, 6.45) is 2.55. The smallest absolute Gasteiger partial charge is 0.170 e. The minimum absolute atomic E-state index is 0.292. The number of hydrogen-bond acceptors (Lipinski definition) is 3. The molecule has 1 aliphatic rings.